The van der Waals surface area contributed by atoms with Crippen molar-refractivity contribution >= 4 is 39.4 Å². The number of rotatable bonds is 7. The molecule has 21 atom stereocenters. The summed E-state index contributed by atoms with van der Waals surface area (Å²) < 4.78 is 14.7. The van der Waals surface area contributed by atoms with Gasteiger partial charge in [-0.1, -0.05) is 88.5 Å². The van der Waals surface area contributed by atoms with Crippen LogP contribution < -0.4 is 15.4 Å². The summed E-state index contributed by atoms with van der Waals surface area (Å²) in [6.07, 6.45) is 19.2. The number of Topliss-reactive ketones (excluding diaryl/α,β-unsaturated/α-hetero) is 2. The highest BCUT2D eigenvalue weighted by Crippen LogP contribution is 2.81. The van der Waals surface area contributed by atoms with Gasteiger partial charge in [0.15, 0.2) is 17.7 Å². The molecule has 3 aromatic carbocycles. The average molecular weight is 1330 g/mol. The monoisotopic (exact) mass is 1330 g/mol. The maximum Gasteiger partial charge on any atom is 0.240 e. The zero-order valence-corrected chi connectivity index (χ0v) is 55.9. The molecule has 16 aliphatic rings. The van der Waals surface area contributed by atoms with Crippen LogP contribution in [0.15, 0.2) is 113 Å². The number of allylic oxidation sites excluding steroid dienone is 6. The fourth-order valence-corrected chi connectivity index (χ4v) is 28.8. The molecular formula is C78H92N2O13S2. The number of ether oxygens (including phenoxy) is 2. The van der Waals surface area contributed by atoms with Gasteiger partial charge in [0.25, 0.3) is 0 Å². The molecule has 4 aliphatic heterocycles. The molecule has 8 saturated carbocycles. The first-order chi connectivity index (χ1) is 45.8. The number of aromatic hydroxyl groups is 1. The van der Waals surface area contributed by atoms with Gasteiger partial charge in [-0.05, 0) is 250 Å². The Labute approximate surface area is 563 Å². The van der Waals surface area contributed by atoms with Crippen molar-refractivity contribution in [3.63, 3.8) is 0 Å². The lowest BCUT2D eigenvalue weighted by molar-refractivity contribution is -0.461. The molecule has 12 aliphatic carbocycles. The Balaban J connectivity index is 0.779. The number of hydrogen-bond donors (Lipinski definition) is 10. The lowest BCUT2D eigenvalue weighted by Crippen LogP contribution is -2.88. The van der Waals surface area contributed by atoms with E-state index >= 15 is 9.59 Å². The topological polar surface area (TPSA) is 256 Å². The highest BCUT2D eigenvalue weighted by molar-refractivity contribution is 8.76. The summed E-state index contributed by atoms with van der Waals surface area (Å²) in [5.74, 6) is -4.52. The second-order valence-electron chi connectivity index (χ2n) is 33.4. The normalized spacial score (nSPS) is 45.7. The third-order valence-corrected chi connectivity index (χ3v) is 32.0. The fraction of sp³-hybridized carbons (Fsp3) is 0.628. The minimum Gasteiger partial charge on any atom is -0.511 e. The molecule has 504 valence electrons. The van der Waals surface area contributed by atoms with Gasteiger partial charge in [0, 0.05) is 41.0 Å². The summed E-state index contributed by atoms with van der Waals surface area (Å²) in [7, 11) is 2.98. The Kier molecular flexibility index (Phi) is 14.3. The van der Waals surface area contributed by atoms with E-state index in [-0.39, 0.29) is 88.3 Å². The van der Waals surface area contributed by atoms with E-state index in [9.17, 15) is 45.6 Å². The van der Waals surface area contributed by atoms with Crippen LogP contribution in [0.4, 0.5) is 0 Å². The molecular weight excluding hydrogens is 1240 g/mol. The molecule has 4 heterocycles. The molecule has 17 heteroatoms. The smallest absolute Gasteiger partial charge is 0.240 e. The van der Waals surface area contributed by atoms with Gasteiger partial charge >= 0.3 is 0 Å². The van der Waals surface area contributed by atoms with Crippen LogP contribution in [0.2, 0.25) is 0 Å². The van der Waals surface area contributed by atoms with Crippen molar-refractivity contribution in [2.45, 2.75) is 201 Å². The summed E-state index contributed by atoms with van der Waals surface area (Å²) in [5.41, 5.74) is -1.70. The number of hydrogen-bond acceptors (Lipinski definition) is 17. The van der Waals surface area contributed by atoms with Crippen LogP contribution in [0, 0.1) is 80.3 Å². The highest BCUT2D eigenvalue weighted by Gasteiger charge is 2.85. The Bertz CT molecular complexity index is 3890. The number of fused-ring (bicyclic) bond motifs is 1. The maximum absolute atomic E-state index is 17.1. The number of phenolic OH excluding ortho intramolecular Hbond substituents is 1. The molecule has 21 unspecified atom stereocenters. The number of phenols is 1. The first kappa shape index (κ1) is 62.3. The first-order valence-electron chi connectivity index (χ1n) is 36.1. The van der Waals surface area contributed by atoms with E-state index in [0.717, 1.165) is 124 Å². The Morgan fingerprint density at radius 3 is 2.42 bits per heavy atom. The Morgan fingerprint density at radius 2 is 1.58 bits per heavy atom. The van der Waals surface area contributed by atoms with Crippen LogP contribution in [0.25, 0.3) is 0 Å². The minimum atomic E-state index is -2.39. The number of aliphatic hydroxyl groups excluding tert-OH is 5. The highest BCUT2D eigenvalue weighted by atomic mass is 33.1. The zero-order valence-electron chi connectivity index (χ0n) is 54.2. The maximum atomic E-state index is 17.1. The molecule has 11 bridgehead atoms. The molecule has 19 rings (SSSR count). The number of aldehydes is 1. The van der Waals surface area contributed by atoms with E-state index in [0.29, 0.717) is 75.5 Å². The third-order valence-electron chi connectivity index (χ3n) is 29.3. The summed E-state index contributed by atoms with van der Waals surface area (Å²) in [4.78, 5) is 47.9. The summed E-state index contributed by atoms with van der Waals surface area (Å²) in [5, 5.41) is 108. The second-order valence-corrected chi connectivity index (χ2v) is 36.0. The van der Waals surface area contributed by atoms with Crippen molar-refractivity contribution in [2.75, 3.05) is 19.0 Å². The summed E-state index contributed by atoms with van der Waals surface area (Å²) in [6.45, 7) is -0.331. The molecule has 2 saturated heterocycles. The Hall–Kier alpha value is -4.95. The molecule has 95 heavy (non-hydrogen) atoms. The zero-order chi connectivity index (χ0) is 65.0. The molecule has 3 aromatic rings. The number of carbonyl (C=O) groups is 3. The van der Waals surface area contributed by atoms with Crippen LogP contribution >= 0.6 is 21.6 Å². The van der Waals surface area contributed by atoms with E-state index in [1.54, 1.807) is 30.3 Å². The van der Waals surface area contributed by atoms with Crippen molar-refractivity contribution in [3.05, 3.63) is 141 Å². The lowest BCUT2D eigenvalue weighted by atomic mass is 9.42. The van der Waals surface area contributed by atoms with Gasteiger partial charge in [0.1, 0.15) is 46.3 Å². The molecule has 10 N–H and O–H groups in total. The van der Waals surface area contributed by atoms with E-state index in [1.807, 2.05) is 36.4 Å². The summed E-state index contributed by atoms with van der Waals surface area (Å²) >= 11 is 0. The second kappa shape index (κ2) is 21.8. The van der Waals surface area contributed by atoms with Crippen molar-refractivity contribution in [2.24, 2.45) is 80.3 Å². The average Bonchev–Trinajstić information content (AvgIpc) is 1.62. The number of nitrogens with one attached hydrogen (secondary N) is 2. The van der Waals surface area contributed by atoms with Crippen molar-refractivity contribution < 1.29 is 64.7 Å². The van der Waals surface area contributed by atoms with Gasteiger partial charge in [-0.2, -0.15) is 0 Å². The van der Waals surface area contributed by atoms with Crippen LogP contribution in [-0.4, -0.2) is 118 Å². The standard InChI is InChI=1S/C78H92N2O13S2/c81-36-46-8-3-6-43(25-46)26-47-30-60(85)77-61-17-20-73(90)18-2-1-9-49(73)13-14-53(47)64(77)65(86)54-11-5-12-59(63(54)67(77)87)92-76-21-16-57-55-29-48-28-50-34-72(39-71(33-51(72)37-82)23-22-70(38-71)19-15-45(32-70)24-44-7-4-10-52(84)27-44)40-74(50,58-31-62(79-35-56(48)58)80-42-94-95-61)66(55)78(91,69(76)89)68(88)75(57,41-83)93-76/h3-8,10-12,25,27,30-31,37,45,48-51,55,57,61,64,66,68-69,79-81,83-85,88-91H,1-2,9,13-24,26,28-29,32-36,38-42H2. The minimum absolute atomic E-state index is 0.0199. The number of dihydropyridines is 1. The van der Waals surface area contributed by atoms with E-state index in [2.05, 4.69) is 22.8 Å². The number of benzene rings is 3. The van der Waals surface area contributed by atoms with Crippen LogP contribution in [0.5, 0.6) is 11.5 Å². The predicted molar refractivity (Wildman–Crippen MR) is 358 cm³/mol. The van der Waals surface area contributed by atoms with Gasteiger partial charge in [-0.25, -0.2) is 0 Å². The molecule has 6 spiro atoms. The Morgan fingerprint density at radius 1 is 0.747 bits per heavy atom. The summed E-state index contributed by atoms with van der Waals surface area (Å²) in [6, 6.07) is 20.3. The molecule has 0 aromatic heterocycles. The SMILES string of the molecule is O=CC1CC2(CCC3(CCC(Cc4cccc(O)c4)C3)C2)CC12CC1CC3CC4C5CCC67Oc8cccc9c8C(=O)C8%10C(O)=CC(Cc%11cccc(CO)c%11)=C(CCC%11CCCCC%11(O)CCC8SSCNC8=CC(=C3CN8)C1(C2)C4C(O)(C6O)C(O)C5(CO)O7)C%10C9=O. The van der Waals surface area contributed by atoms with Crippen LogP contribution in [-0.2, 0) is 29.0 Å². The molecule has 0 amide bonds. The first-order valence-corrected chi connectivity index (χ1v) is 38.5. The van der Waals surface area contributed by atoms with Gasteiger partial charge < -0.3 is 65.8 Å². The fourth-order valence-electron chi connectivity index (χ4n) is 26.0. The van der Waals surface area contributed by atoms with Crippen molar-refractivity contribution in [1.82, 2.24) is 10.6 Å². The van der Waals surface area contributed by atoms with Crippen molar-refractivity contribution in [3.8, 4) is 11.5 Å². The van der Waals surface area contributed by atoms with Crippen LogP contribution in [0.3, 0.4) is 0 Å². The predicted octanol–water partition coefficient (Wildman–Crippen LogP) is 11.0. The lowest BCUT2D eigenvalue weighted by Gasteiger charge is -2.72. The van der Waals surface area contributed by atoms with Crippen molar-refractivity contribution in [1.29, 1.82) is 0 Å². The number of ketones is 2. The quantitative estimate of drug-likeness (QED) is 0.0779. The molecule has 0 radical (unpaired) electrons. The molecule has 15 nitrogen and oxygen atoms in total. The number of carbonyl (C=O) groups excluding carboxylic acids is 3. The molecule has 10 fully saturated rings. The van der Waals surface area contributed by atoms with Gasteiger partial charge in [0.05, 0.1) is 42.0 Å². The van der Waals surface area contributed by atoms with Gasteiger partial charge in [-0.15, -0.1) is 0 Å². The largest absolute Gasteiger partial charge is 0.511 e. The third kappa shape index (κ3) is 8.60. The number of aliphatic hydroxyl groups is 7. The van der Waals surface area contributed by atoms with E-state index in [1.165, 1.54) is 39.0 Å². The van der Waals surface area contributed by atoms with Crippen LogP contribution in [0.1, 0.15) is 179 Å². The van der Waals surface area contributed by atoms with Gasteiger partial charge in [0.2, 0.25) is 5.79 Å². The van der Waals surface area contributed by atoms with Gasteiger partial charge in [-0.3, -0.25) is 9.59 Å². The van der Waals surface area contributed by atoms with E-state index in [4.69, 9.17) is 9.47 Å². The van der Waals surface area contributed by atoms with E-state index < -0.39 is 86.4 Å².